The van der Waals surface area contributed by atoms with E-state index >= 15 is 0 Å². The van der Waals surface area contributed by atoms with Crippen LogP contribution in [-0.2, 0) is 21.5 Å². The normalized spacial score (nSPS) is 23.0. The van der Waals surface area contributed by atoms with Crippen LogP contribution in [0.3, 0.4) is 0 Å². The maximum absolute atomic E-state index is 12.6. The number of likely N-dealkylation sites (tertiary alicyclic amines) is 1. The van der Waals surface area contributed by atoms with Crippen molar-refractivity contribution in [3.05, 3.63) is 17.5 Å². The molecule has 156 valence electrons. The predicted octanol–water partition coefficient (Wildman–Crippen LogP) is 2.09. The van der Waals surface area contributed by atoms with Crippen molar-refractivity contribution >= 4 is 11.8 Å². The van der Waals surface area contributed by atoms with Gasteiger partial charge in [0.1, 0.15) is 0 Å². The Bertz CT molecular complexity index is 689. The predicted molar refractivity (Wildman–Crippen MR) is 109 cm³/mol. The first kappa shape index (κ1) is 20.8. The Hall–Kier alpha value is -1.89. The summed E-state index contributed by atoms with van der Waals surface area (Å²) < 4.78 is 0. The highest BCUT2D eigenvalue weighted by atomic mass is 16.2. The van der Waals surface area contributed by atoms with Gasteiger partial charge in [0.15, 0.2) is 0 Å². The second-order valence-electron chi connectivity index (χ2n) is 9.47. The number of hydrogen-bond acceptors (Lipinski definition) is 4. The summed E-state index contributed by atoms with van der Waals surface area (Å²) in [5, 5.41) is 13.4. The lowest BCUT2D eigenvalue weighted by molar-refractivity contribution is -0.123. The average molecular weight is 390 g/mol. The Labute approximate surface area is 168 Å². The molecule has 0 aromatic carbocycles. The number of hydrogen-bond donors (Lipinski definition) is 3. The van der Waals surface area contributed by atoms with Gasteiger partial charge in [-0.25, -0.2) is 0 Å². The Morgan fingerprint density at radius 2 is 1.89 bits per heavy atom. The molecule has 0 unspecified atom stereocenters. The zero-order valence-electron chi connectivity index (χ0n) is 17.7. The molecule has 1 aromatic heterocycles. The van der Waals surface area contributed by atoms with Crippen LogP contribution in [0.5, 0.6) is 0 Å². The summed E-state index contributed by atoms with van der Waals surface area (Å²) in [6.45, 7) is 10.1. The highest BCUT2D eigenvalue weighted by Gasteiger charge is 2.37. The van der Waals surface area contributed by atoms with Crippen LogP contribution in [0.15, 0.2) is 6.07 Å². The molecule has 2 amide bonds. The van der Waals surface area contributed by atoms with Crippen molar-refractivity contribution in [1.29, 1.82) is 0 Å². The van der Waals surface area contributed by atoms with Gasteiger partial charge >= 0.3 is 0 Å². The molecule has 0 radical (unpaired) electrons. The number of H-pyrrole nitrogens is 1. The van der Waals surface area contributed by atoms with E-state index in [1.165, 1.54) is 12.8 Å². The van der Waals surface area contributed by atoms with Crippen molar-refractivity contribution in [3.8, 4) is 0 Å². The van der Waals surface area contributed by atoms with Gasteiger partial charge in [-0.2, -0.15) is 5.10 Å². The molecule has 1 aliphatic carbocycles. The van der Waals surface area contributed by atoms with Gasteiger partial charge in [0.2, 0.25) is 11.8 Å². The van der Waals surface area contributed by atoms with Crippen LogP contribution in [0.2, 0.25) is 0 Å². The van der Waals surface area contributed by atoms with Crippen LogP contribution in [0.25, 0.3) is 0 Å². The van der Waals surface area contributed by atoms with Crippen molar-refractivity contribution in [1.82, 2.24) is 25.7 Å². The molecule has 1 aliphatic heterocycles. The standard InChI is InChI=1S/C21H35N5O2/c1-14(27)22-12-18-8-7-17(26(18)13-15-5-6-15)10-20(28)23-11-16-9-19(25-24-16)21(2,3)4/h9,15,17-18H,5-8,10-13H2,1-4H3,(H,22,27)(H,23,28)(H,24,25)/t17-,18+/m0/s1. The third-order valence-corrected chi connectivity index (χ3v) is 5.82. The molecule has 2 aliphatic rings. The Kier molecular flexibility index (Phi) is 6.43. The fourth-order valence-corrected chi connectivity index (χ4v) is 3.93. The smallest absolute Gasteiger partial charge is 0.221 e. The molecule has 0 bridgehead atoms. The minimum absolute atomic E-state index is 0.00512. The number of nitrogens with zero attached hydrogens (tertiary/aromatic N) is 2. The molecule has 2 atom stereocenters. The van der Waals surface area contributed by atoms with Gasteiger partial charge in [-0.05, 0) is 37.7 Å². The van der Waals surface area contributed by atoms with E-state index in [2.05, 4.69) is 46.5 Å². The summed E-state index contributed by atoms with van der Waals surface area (Å²) >= 11 is 0. The first-order valence-electron chi connectivity index (χ1n) is 10.5. The molecule has 3 N–H and O–H groups in total. The fraction of sp³-hybridized carbons (Fsp3) is 0.762. The van der Waals surface area contributed by atoms with Crippen LogP contribution in [0.1, 0.15) is 71.2 Å². The largest absolute Gasteiger partial charge is 0.355 e. The van der Waals surface area contributed by atoms with Gasteiger partial charge in [0.25, 0.3) is 0 Å². The third-order valence-electron chi connectivity index (χ3n) is 5.82. The molecule has 2 fully saturated rings. The van der Waals surface area contributed by atoms with Gasteiger partial charge in [-0.3, -0.25) is 19.6 Å². The molecule has 7 heteroatoms. The maximum Gasteiger partial charge on any atom is 0.221 e. The number of rotatable bonds is 8. The van der Waals surface area contributed by atoms with Crippen molar-refractivity contribution in [2.75, 3.05) is 13.1 Å². The number of aromatic amines is 1. The van der Waals surface area contributed by atoms with Gasteiger partial charge in [-0.15, -0.1) is 0 Å². The molecule has 1 saturated carbocycles. The van der Waals surface area contributed by atoms with Gasteiger partial charge < -0.3 is 10.6 Å². The zero-order chi connectivity index (χ0) is 20.3. The summed E-state index contributed by atoms with van der Waals surface area (Å²) in [5.74, 6) is 0.865. The van der Waals surface area contributed by atoms with E-state index in [0.29, 0.717) is 25.6 Å². The topological polar surface area (TPSA) is 90.1 Å². The first-order valence-corrected chi connectivity index (χ1v) is 10.5. The van der Waals surface area contributed by atoms with E-state index in [4.69, 9.17) is 0 Å². The SMILES string of the molecule is CC(=O)NC[C@H]1CC[C@@H](CC(=O)NCc2cc(C(C)(C)C)n[nH]2)N1CC1CC1. The van der Waals surface area contributed by atoms with E-state index in [1.807, 2.05) is 6.07 Å². The van der Waals surface area contributed by atoms with Gasteiger partial charge in [0, 0.05) is 43.9 Å². The lowest BCUT2D eigenvalue weighted by Crippen LogP contribution is -2.45. The van der Waals surface area contributed by atoms with Crippen molar-refractivity contribution in [3.63, 3.8) is 0 Å². The zero-order valence-corrected chi connectivity index (χ0v) is 17.7. The van der Waals surface area contributed by atoms with Gasteiger partial charge in [0.05, 0.1) is 17.9 Å². The monoisotopic (exact) mass is 389 g/mol. The molecular formula is C21H35N5O2. The number of nitrogens with one attached hydrogen (secondary N) is 3. The van der Waals surface area contributed by atoms with E-state index in [0.717, 1.165) is 36.7 Å². The molecule has 3 rings (SSSR count). The van der Waals surface area contributed by atoms with Crippen LogP contribution in [0, 0.1) is 5.92 Å². The van der Waals surface area contributed by atoms with Crippen molar-refractivity contribution in [2.45, 2.75) is 83.8 Å². The summed E-state index contributed by atoms with van der Waals surface area (Å²) in [6.07, 6.45) is 5.16. The molecule has 0 spiro atoms. The van der Waals surface area contributed by atoms with Crippen LogP contribution < -0.4 is 10.6 Å². The summed E-state index contributed by atoms with van der Waals surface area (Å²) in [7, 11) is 0. The maximum atomic E-state index is 12.6. The van der Waals surface area contributed by atoms with E-state index in [1.54, 1.807) is 6.92 Å². The summed E-state index contributed by atoms with van der Waals surface area (Å²) in [5.41, 5.74) is 1.93. The minimum atomic E-state index is -0.00512. The first-order chi connectivity index (χ1) is 13.2. The van der Waals surface area contributed by atoms with Gasteiger partial charge in [-0.1, -0.05) is 20.8 Å². The highest BCUT2D eigenvalue weighted by molar-refractivity contribution is 5.76. The van der Waals surface area contributed by atoms with Crippen LogP contribution in [-0.4, -0.2) is 52.1 Å². The Morgan fingerprint density at radius 3 is 2.50 bits per heavy atom. The Morgan fingerprint density at radius 1 is 1.18 bits per heavy atom. The quantitative estimate of drug-likeness (QED) is 0.635. The Balaban J connectivity index is 1.50. The number of aromatic nitrogens is 2. The lowest BCUT2D eigenvalue weighted by atomic mass is 9.92. The molecular weight excluding hydrogens is 354 g/mol. The molecule has 1 aromatic rings. The second kappa shape index (κ2) is 8.64. The van der Waals surface area contributed by atoms with Crippen molar-refractivity contribution in [2.24, 2.45) is 5.92 Å². The number of amides is 2. The van der Waals surface area contributed by atoms with E-state index < -0.39 is 0 Å². The second-order valence-corrected chi connectivity index (χ2v) is 9.47. The van der Waals surface area contributed by atoms with Crippen LogP contribution >= 0.6 is 0 Å². The van der Waals surface area contributed by atoms with Crippen molar-refractivity contribution < 1.29 is 9.59 Å². The number of carbonyl (C=O) groups is 2. The third kappa shape index (κ3) is 5.80. The average Bonchev–Trinajstić information content (AvgIpc) is 3.15. The minimum Gasteiger partial charge on any atom is -0.355 e. The number of carbonyl (C=O) groups excluding carboxylic acids is 2. The molecule has 2 heterocycles. The molecule has 7 nitrogen and oxygen atoms in total. The lowest BCUT2D eigenvalue weighted by Gasteiger charge is -2.30. The van der Waals surface area contributed by atoms with Crippen LogP contribution in [0.4, 0.5) is 0 Å². The fourth-order valence-electron chi connectivity index (χ4n) is 3.93. The molecule has 28 heavy (non-hydrogen) atoms. The summed E-state index contributed by atoms with van der Waals surface area (Å²) in [6, 6.07) is 2.65. The highest BCUT2D eigenvalue weighted by Crippen LogP contribution is 2.35. The molecule has 1 saturated heterocycles. The summed E-state index contributed by atoms with van der Waals surface area (Å²) in [4.78, 5) is 26.3. The van der Waals surface area contributed by atoms with E-state index in [9.17, 15) is 9.59 Å². The van der Waals surface area contributed by atoms with E-state index in [-0.39, 0.29) is 23.3 Å².